The Balaban J connectivity index is 0.000000261. The number of piperazine rings is 4. The molecule has 0 aliphatic carbocycles. The number of fused-ring (bicyclic) bond motifs is 3. The number of halogens is 3. The predicted molar refractivity (Wildman–Crippen MR) is 321 cm³/mol. The summed E-state index contributed by atoms with van der Waals surface area (Å²) in [6, 6.07) is 18.7. The molecule has 7 aliphatic heterocycles. The van der Waals surface area contributed by atoms with E-state index in [0.717, 1.165) is 146 Å². The van der Waals surface area contributed by atoms with Crippen LogP contribution in [0, 0.1) is 20.8 Å². The Morgan fingerprint density at radius 3 is 1.21 bits per heavy atom. The third-order valence-electron chi connectivity index (χ3n) is 14.0. The van der Waals surface area contributed by atoms with Crippen LogP contribution in [0.4, 0.5) is 11.4 Å². The molecule has 78 heavy (non-hydrogen) atoms. The van der Waals surface area contributed by atoms with Gasteiger partial charge in [0.2, 0.25) is 23.0 Å². The summed E-state index contributed by atoms with van der Waals surface area (Å²) in [4.78, 5) is 64.6. The molecule has 20 heteroatoms. The van der Waals surface area contributed by atoms with Crippen LogP contribution in [-0.4, -0.2) is 248 Å². The molecule has 0 unspecified atom stereocenters. The fourth-order valence-electron chi connectivity index (χ4n) is 9.14. The lowest BCUT2D eigenvalue weighted by Gasteiger charge is -2.36. The predicted octanol–water partition coefficient (Wildman–Crippen LogP) is 6.04. The summed E-state index contributed by atoms with van der Waals surface area (Å²) >= 11 is 15.0. The van der Waals surface area contributed by atoms with Crippen molar-refractivity contribution in [1.29, 1.82) is 0 Å². The van der Waals surface area contributed by atoms with Crippen LogP contribution >= 0.6 is 34.8 Å². The highest BCUT2D eigenvalue weighted by Gasteiger charge is 2.27. The minimum absolute atomic E-state index is 0. The van der Waals surface area contributed by atoms with Crippen LogP contribution in [-0.2, 0) is 25.6 Å². The van der Waals surface area contributed by atoms with Gasteiger partial charge in [0.05, 0.1) is 50.0 Å². The van der Waals surface area contributed by atoms with Crippen molar-refractivity contribution in [3.8, 4) is 17.2 Å². The highest BCUT2D eigenvalue weighted by molar-refractivity contribution is 6.67. The number of carbonyl (C=O) groups is 4. The average molecular weight is 1150 g/mol. The first-order valence-corrected chi connectivity index (χ1v) is 28.3. The van der Waals surface area contributed by atoms with Crippen molar-refractivity contribution in [3.63, 3.8) is 0 Å². The molecule has 1 N–H and O–H groups in total. The van der Waals surface area contributed by atoms with Gasteiger partial charge in [0, 0.05) is 105 Å². The van der Waals surface area contributed by atoms with Gasteiger partial charge >= 0.3 is 0 Å². The number of benzene rings is 3. The maximum absolute atomic E-state index is 12.5. The first-order chi connectivity index (χ1) is 36.5. The number of nitrogens with one attached hydrogen (secondary N) is 1. The minimum Gasteiger partial charge on any atom is -0.493 e. The van der Waals surface area contributed by atoms with Gasteiger partial charge in [-0.25, -0.2) is 0 Å². The molecule has 3 aromatic carbocycles. The molecule has 0 aromatic heterocycles. The van der Waals surface area contributed by atoms with E-state index < -0.39 is 5.24 Å². The zero-order chi connectivity index (χ0) is 55.0. The van der Waals surface area contributed by atoms with Crippen LogP contribution in [0.1, 0.15) is 43.5 Å². The van der Waals surface area contributed by atoms with E-state index in [-0.39, 0.29) is 44.3 Å². The van der Waals surface area contributed by atoms with Crippen molar-refractivity contribution in [2.45, 2.75) is 48.5 Å². The van der Waals surface area contributed by atoms with Crippen molar-refractivity contribution >= 4 is 69.1 Å². The first-order valence-electron chi connectivity index (χ1n) is 26.8. The van der Waals surface area contributed by atoms with Crippen molar-refractivity contribution in [2.24, 2.45) is 0 Å². The number of aryl methyl sites for hydroxylation is 4. The van der Waals surface area contributed by atoms with Gasteiger partial charge in [-0.15, -0.1) is 23.2 Å². The topological polar surface area (TPSA) is 137 Å². The molecule has 3 amide bonds. The molecule has 10 rings (SSSR count). The van der Waals surface area contributed by atoms with E-state index in [4.69, 9.17) is 49.0 Å². The molecule has 0 saturated carbocycles. The Morgan fingerprint density at radius 1 is 0.474 bits per heavy atom. The number of amides is 3. The van der Waals surface area contributed by atoms with Gasteiger partial charge in [0.15, 0.2) is 0 Å². The van der Waals surface area contributed by atoms with Gasteiger partial charge in [-0.2, -0.15) is 0 Å². The molecule has 7 aliphatic rings. The van der Waals surface area contributed by atoms with Gasteiger partial charge in [-0.3, -0.25) is 19.2 Å². The van der Waals surface area contributed by atoms with E-state index in [1.54, 1.807) is 0 Å². The summed E-state index contributed by atoms with van der Waals surface area (Å²) in [6.07, 6.45) is 2.34. The lowest BCUT2D eigenvalue weighted by molar-refractivity contribution is -0.132. The smallest absolute Gasteiger partial charge is 0.242 e. The normalized spacial score (nSPS) is 18.1. The quantitative estimate of drug-likeness (QED) is 0.227. The van der Waals surface area contributed by atoms with Crippen molar-refractivity contribution in [3.05, 3.63) is 76.9 Å². The average Bonchev–Trinajstić information content (AvgIpc) is 3.44. The van der Waals surface area contributed by atoms with Crippen LogP contribution < -0.4 is 29.3 Å². The van der Waals surface area contributed by atoms with Gasteiger partial charge in [-0.1, -0.05) is 44.7 Å². The number of hydrogen-bond donors (Lipinski definition) is 1. The number of nitrogens with zero attached hydrogens (tertiary/aromatic N) is 9. The molecule has 0 bridgehead atoms. The van der Waals surface area contributed by atoms with E-state index in [0.29, 0.717) is 26.3 Å². The number of alkyl halides is 2. The SMILES string of the molecule is C.C.CN1CCN(C(=O)CCl)CC1.CN1CCNCC1.Cc1ccc2c(c1)CCCO2.Cc1ccc2c(c1)N(CC(=O)N1CCN(C)CC1)CCO2.Cc1ccc2c(c1)N(CC(=O)N1CCN(C)CC1)CCO2.O=C(Cl)CCl. The standard InChI is InChI=1S/2C16H23N3O2.C10H12O.C7H13ClN2O.C5H12N2.C2H2Cl2O.2CH4/c2*1-13-3-4-15-14(11-13)19(9-10-21-15)12-16(20)18-7-5-17(2)6-8-18;1-8-4-5-10-9(7-8)3-2-6-11-10;1-9-2-4-10(5-3-9)7(11)6-8;1-7-4-2-6-3-5-7;3-1-2(4)5;;/h2*3-4,11H,5-10,12H2,1-2H3;4-5,7H,2-3,6H2,1H3;2-6H2,1H3;6H,2-5H2,1H3;1H2;2*1H4. The summed E-state index contributed by atoms with van der Waals surface area (Å²) in [6.45, 7) is 26.4. The summed E-state index contributed by atoms with van der Waals surface area (Å²) < 4.78 is 16.8. The highest BCUT2D eigenvalue weighted by Crippen LogP contribution is 2.33. The fourth-order valence-corrected chi connectivity index (χ4v) is 9.31. The van der Waals surface area contributed by atoms with E-state index in [2.05, 4.69) is 114 Å². The number of likely N-dealkylation sites (N-methyl/N-ethyl adjacent to an activating group) is 4. The molecule has 0 spiro atoms. The van der Waals surface area contributed by atoms with Crippen molar-refractivity contribution in [1.82, 2.24) is 39.6 Å². The lowest BCUT2D eigenvalue weighted by atomic mass is 10.0. The molecular weight excluding hydrogens is 1060 g/mol. The molecule has 7 heterocycles. The third kappa shape index (κ3) is 23.2. The molecule has 0 atom stereocenters. The van der Waals surface area contributed by atoms with Gasteiger partial charge in [0.25, 0.3) is 0 Å². The Kier molecular flexibility index (Phi) is 31.2. The van der Waals surface area contributed by atoms with Crippen molar-refractivity contribution in [2.75, 3.05) is 200 Å². The summed E-state index contributed by atoms with van der Waals surface area (Å²) in [7, 11) is 8.41. The van der Waals surface area contributed by atoms with E-state index in [1.165, 1.54) is 41.8 Å². The Labute approximate surface area is 482 Å². The zero-order valence-electron chi connectivity index (χ0n) is 46.3. The van der Waals surface area contributed by atoms with E-state index in [9.17, 15) is 19.2 Å². The van der Waals surface area contributed by atoms with E-state index >= 15 is 0 Å². The number of ether oxygens (including phenoxy) is 3. The van der Waals surface area contributed by atoms with Gasteiger partial charge < -0.3 is 63.6 Å². The third-order valence-corrected chi connectivity index (χ3v) is 14.7. The van der Waals surface area contributed by atoms with Gasteiger partial charge in [-0.05, 0) is 120 Å². The maximum Gasteiger partial charge on any atom is 0.242 e. The fraction of sp³-hybridized carbons (Fsp3) is 0.621. The summed E-state index contributed by atoms with van der Waals surface area (Å²) in [5, 5.41) is 2.77. The Bertz CT molecular complexity index is 2180. The number of hydrogen-bond acceptors (Lipinski definition) is 14. The van der Waals surface area contributed by atoms with Crippen LogP contribution in [0.3, 0.4) is 0 Å². The van der Waals surface area contributed by atoms with Crippen LogP contribution in [0.25, 0.3) is 0 Å². The minimum atomic E-state index is -0.508. The molecular formula is C58H93Cl3N10O7. The number of carbonyl (C=O) groups excluding carboxylic acids is 4. The largest absolute Gasteiger partial charge is 0.493 e. The Hall–Kier alpha value is -4.59. The summed E-state index contributed by atoms with van der Waals surface area (Å²) in [5.41, 5.74) is 7.17. The molecule has 4 saturated heterocycles. The van der Waals surface area contributed by atoms with Crippen LogP contribution in [0.5, 0.6) is 17.2 Å². The summed E-state index contributed by atoms with van der Waals surface area (Å²) in [5.74, 6) is 3.37. The first kappa shape index (κ1) is 67.7. The van der Waals surface area contributed by atoms with Gasteiger partial charge in [0.1, 0.15) is 36.3 Å². The zero-order valence-corrected chi connectivity index (χ0v) is 48.6. The second kappa shape index (κ2) is 35.9. The Morgan fingerprint density at radius 2 is 0.833 bits per heavy atom. The highest BCUT2D eigenvalue weighted by atomic mass is 35.5. The van der Waals surface area contributed by atoms with Crippen LogP contribution in [0.2, 0.25) is 0 Å². The van der Waals surface area contributed by atoms with E-state index in [1.807, 2.05) is 39.0 Å². The van der Waals surface area contributed by atoms with Crippen molar-refractivity contribution < 1.29 is 33.4 Å². The second-order valence-electron chi connectivity index (χ2n) is 20.3. The molecule has 0 radical (unpaired) electrons. The molecule has 3 aromatic rings. The second-order valence-corrected chi connectivity index (χ2v) is 21.2. The van der Waals surface area contributed by atoms with Crippen LogP contribution in [0.15, 0.2) is 54.6 Å². The maximum atomic E-state index is 12.5. The molecule has 4 fully saturated rings. The molecule has 17 nitrogen and oxygen atoms in total. The number of anilines is 2. The lowest BCUT2D eigenvalue weighted by Crippen LogP contribution is -2.50. The number of rotatable bonds is 6. The molecule has 438 valence electrons. The monoisotopic (exact) mass is 1150 g/mol.